The molecule has 0 aliphatic rings. The minimum Gasteiger partial charge on any atom is -0.464 e. The third-order valence-electron chi connectivity index (χ3n) is 2.82. The molecule has 1 heterocycles. The van der Waals surface area contributed by atoms with E-state index in [2.05, 4.69) is 20.0 Å². The first kappa shape index (κ1) is 16.8. The molecule has 0 bridgehead atoms. The summed E-state index contributed by atoms with van der Waals surface area (Å²) in [5.41, 5.74) is -0.738. The fourth-order valence-corrected chi connectivity index (χ4v) is 1.89. The molecule has 1 aromatic heterocycles. The highest BCUT2D eigenvalue weighted by Gasteiger charge is 2.22. The van der Waals surface area contributed by atoms with E-state index in [-0.39, 0.29) is 11.6 Å². The Bertz CT molecular complexity index is 771. The minimum absolute atomic E-state index is 0.0319. The number of methoxy groups -OCH3 is 1. The molecule has 0 saturated heterocycles. The van der Waals surface area contributed by atoms with Crippen molar-refractivity contribution in [2.24, 2.45) is 0 Å². The number of nitrogens with zero attached hydrogens (tertiary/aromatic N) is 2. The number of halogens is 3. The molecule has 23 heavy (non-hydrogen) atoms. The van der Waals surface area contributed by atoms with Crippen LogP contribution in [0.5, 0.6) is 0 Å². The van der Waals surface area contributed by atoms with E-state index in [1.807, 2.05) is 0 Å². The van der Waals surface area contributed by atoms with E-state index in [1.165, 1.54) is 12.1 Å². The molecule has 0 spiro atoms. The predicted octanol–water partition coefficient (Wildman–Crippen LogP) is 2.12. The zero-order chi connectivity index (χ0) is 17.0. The van der Waals surface area contributed by atoms with E-state index in [1.54, 1.807) is 0 Å². The van der Waals surface area contributed by atoms with Gasteiger partial charge in [-0.1, -0.05) is 17.7 Å². The van der Waals surface area contributed by atoms with Crippen molar-refractivity contribution in [3.8, 4) is 0 Å². The number of nitrogens with one attached hydrogen (secondary N) is 1. The van der Waals surface area contributed by atoms with Crippen LogP contribution in [-0.2, 0) is 11.3 Å². The molecule has 9 heteroatoms. The van der Waals surface area contributed by atoms with Crippen molar-refractivity contribution in [1.29, 1.82) is 0 Å². The molecule has 6 nitrogen and oxygen atoms in total. The average molecular weight is 342 g/mol. The summed E-state index contributed by atoms with van der Waals surface area (Å²) in [6.07, 6.45) is 0.874. The molecule has 0 unspecified atom stereocenters. The van der Waals surface area contributed by atoms with Gasteiger partial charge < -0.3 is 10.1 Å². The number of carbonyl (C=O) groups is 2. The zero-order valence-corrected chi connectivity index (χ0v) is 12.5. The van der Waals surface area contributed by atoms with E-state index in [9.17, 15) is 18.4 Å². The Morgan fingerprint density at radius 2 is 1.96 bits per heavy atom. The standard InChI is InChI=1S/C14H10ClF2N3O3/c1-23-14(22)12-10(17)11(19-6-20-12)13(21)18-5-7-2-3-9(16)8(15)4-7/h2-4,6H,5H2,1H3,(H,18,21). The second-order valence-electron chi connectivity index (χ2n) is 4.31. The maximum absolute atomic E-state index is 14.0. The van der Waals surface area contributed by atoms with Gasteiger partial charge in [-0.3, -0.25) is 4.79 Å². The third-order valence-corrected chi connectivity index (χ3v) is 3.11. The first-order valence-electron chi connectivity index (χ1n) is 6.25. The van der Waals surface area contributed by atoms with Crippen molar-refractivity contribution >= 4 is 23.5 Å². The van der Waals surface area contributed by atoms with Crippen LogP contribution in [-0.4, -0.2) is 29.0 Å². The van der Waals surface area contributed by atoms with Crippen molar-refractivity contribution in [3.63, 3.8) is 0 Å². The molecule has 2 rings (SSSR count). The highest BCUT2D eigenvalue weighted by atomic mass is 35.5. The van der Waals surface area contributed by atoms with E-state index in [0.717, 1.165) is 19.5 Å². The second kappa shape index (κ2) is 7.10. The third kappa shape index (κ3) is 3.78. The lowest BCUT2D eigenvalue weighted by molar-refractivity contribution is 0.0587. The van der Waals surface area contributed by atoms with Crippen LogP contribution in [0.2, 0.25) is 5.02 Å². The van der Waals surface area contributed by atoms with Gasteiger partial charge in [-0.2, -0.15) is 0 Å². The Labute approximate surface area is 134 Å². The van der Waals surface area contributed by atoms with Gasteiger partial charge in [-0.25, -0.2) is 23.5 Å². The van der Waals surface area contributed by atoms with Gasteiger partial charge in [0.05, 0.1) is 12.1 Å². The molecule has 0 radical (unpaired) electrons. The second-order valence-corrected chi connectivity index (χ2v) is 4.71. The van der Waals surface area contributed by atoms with Crippen molar-refractivity contribution in [1.82, 2.24) is 15.3 Å². The Hall–Kier alpha value is -2.61. The SMILES string of the molecule is COC(=O)c1ncnc(C(=O)NCc2ccc(F)c(Cl)c2)c1F. The predicted molar refractivity (Wildman–Crippen MR) is 75.9 cm³/mol. The number of esters is 1. The highest BCUT2D eigenvalue weighted by Crippen LogP contribution is 2.16. The maximum atomic E-state index is 14.0. The van der Waals surface area contributed by atoms with Crippen LogP contribution in [0.3, 0.4) is 0 Å². The van der Waals surface area contributed by atoms with Crippen molar-refractivity contribution in [2.45, 2.75) is 6.54 Å². The Morgan fingerprint density at radius 1 is 1.26 bits per heavy atom. The lowest BCUT2D eigenvalue weighted by Crippen LogP contribution is -2.26. The number of rotatable bonds is 4. The monoisotopic (exact) mass is 341 g/mol. The Balaban J connectivity index is 2.15. The molecule has 1 N–H and O–H groups in total. The zero-order valence-electron chi connectivity index (χ0n) is 11.8. The number of benzene rings is 1. The van der Waals surface area contributed by atoms with Gasteiger partial charge in [-0.15, -0.1) is 0 Å². The van der Waals surface area contributed by atoms with Crippen molar-refractivity contribution in [3.05, 3.63) is 58.1 Å². The maximum Gasteiger partial charge on any atom is 0.359 e. The van der Waals surface area contributed by atoms with Crippen LogP contribution >= 0.6 is 11.6 Å². The smallest absolute Gasteiger partial charge is 0.359 e. The summed E-state index contributed by atoms with van der Waals surface area (Å²) in [6, 6.07) is 3.88. The number of amides is 1. The van der Waals surface area contributed by atoms with Crippen LogP contribution in [0.15, 0.2) is 24.5 Å². The van der Waals surface area contributed by atoms with Crippen molar-refractivity contribution < 1.29 is 23.1 Å². The first-order chi connectivity index (χ1) is 10.9. The molecule has 0 aliphatic carbocycles. The molecule has 0 fully saturated rings. The first-order valence-corrected chi connectivity index (χ1v) is 6.62. The summed E-state index contributed by atoms with van der Waals surface area (Å²) >= 11 is 5.62. The molecular formula is C14H10ClF2N3O3. The summed E-state index contributed by atoms with van der Waals surface area (Å²) in [4.78, 5) is 30.2. The lowest BCUT2D eigenvalue weighted by atomic mass is 10.2. The molecule has 120 valence electrons. The van der Waals surface area contributed by atoms with Gasteiger partial charge in [0.15, 0.2) is 17.2 Å². The van der Waals surface area contributed by atoms with E-state index in [4.69, 9.17) is 11.6 Å². The highest BCUT2D eigenvalue weighted by molar-refractivity contribution is 6.30. The summed E-state index contributed by atoms with van der Waals surface area (Å²) in [5, 5.41) is 2.29. The summed E-state index contributed by atoms with van der Waals surface area (Å²) in [5.74, 6) is -3.67. The molecule has 1 amide bonds. The number of ether oxygens (including phenoxy) is 1. The average Bonchev–Trinajstić information content (AvgIpc) is 2.55. The van der Waals surface area contributed by atoms with Gasteiger partial charge in [0.25, 0.3) is 5.91 Å². The Kier molecular flexibility index (Phi) is 5.17. The molecule has 0 atom stereocenters. The molecule has 0 saturated carbocycles. The molecule has 0 aliphatic heterocycles. The van der Waals surface area contributed by atoms with Crippen molar-refractivity contribution in [2.75, 3.05) is 7.11 Å². The lowest BCUT2D eigenvalue weighted by Gasteiger charge is -2.07. The van der Waals surface area contributed by atoms with Crippen LogP contribution < -0.4 is 5.32 Å². The van der Waals surface area contributed by atoms with Gasteiger partial charge in [0, 0.05) is 6.54 Å². The Morgan fingerprint density at radius 3 is 2.61 bits per heavy atom. The fourth-order valence-electron chi connectivity index (χ4n) is 1.68. The van der Waals surface area contributed by atoms with Gasteiger partial charge in [0.1, 0.15) is 12.1 Å². The largest absolute Gasteiger partial charge is 0.464 e. The molecule has 2 aromatic rings. The van der Waals surface area contributed by atoms with Crippen LogP contribution in [0.25, 0.3) is 0 Å². The van der Waals surface area contributed by atoms with Crippen LogP contribution in [0, 0.1) is 11.6 Å². The van der Waals surface area contributed by atoms with Gasteiger partial charge in [0.2, 0.25) is 0 Å². The minimum atomic E-state index is -1.19. The van der Waals surface area contributed by atoms with E-state index < -0.39 is 34.9 Å². The van der Waals surface area contributed by atoms with Gasteiger partial charge in [-0.05, 0) is 17.7 Å². The number of aromatic nitrogens is 2. The fraction of sp³-hybridized carbons (Fsp3) is 0.143. The molecule has 1 aromatic carbocycles. The van der Waals surface area contributed by atoms with E-state index in [0.29, 0.717) is 5.56 Å². The summed E-state index contributed by atoms with van der Waals surface area (Å²) < 4.78 is 31.4. The van der Waals surface area contributed by atoms with E-state index >= 15 is 0 Å². The topological polar surface area (TPSA) is 81.2 Å². The van der Waals surface area contributed by atoms with Crippen LogP contribution in [0.4, 0.5) is 8.78 Å². The van der Waals surface area contributed by atoms with Gasteiger partial charge >= 0.3 is 5.97 Å². The summed E-state index contributed by atoms with van der Waals surface area (Å²) in [7, 11) is 1.06. The summed E-state index contributed by atoms with van der Waals surface area (Å²) in [6.45, 7) is -0.0319. The van der Waals surface area contributed by atoms with Crippen LogP contribution in [0.1, 0.15) is 26.5 Å². The quantitative estimate of drug-likeness (QED) is 0.862. The molecular weight excluding hydrogens is 332 g/mol. The number of carbonyl (C=O) groups excluding carboxylic acids is 2. The normalized spacial score (nSPS) is 10.3. The number of hydrogen-bond acceptors (Lipinski definition) is 5. The number of hydrogen-bond donors (Lipinski definition) is 1.